The van der Waals surface area contributed by atoms with E-state index in [2.05, 4.69) is 40.0 Å². The van der Waals surface area contributed by atoms with E-state index in [4.69, 9.17) is 14.5 Å². The zero-order valence-corrected chi connectivity index (χ0v) is 17.9. The highest BCUT2D eigenvalue weighted by atomic mass is 16.5. The number of ether oxygens (including phenoxy) is 2. The van der Waals surface area contributed by atoms with Crippen LogP contribution >= 0.6 is 0 Å². The number of fused-ring (bicyclic) bond motifs is 1. The lowest BCUT2D eigenvalue weighted by Crippen LogP contribution is -2.50. The second-order valence-corrected chi connectivity index (χ2v) is 8.13. The summed E-state index contributed by atoms with van der Waals surface area (Å²) in [6.07, 6.45) is 17.9. The molecule has 0 aromatic carbocycles. The van der Waals surface area contributed by atoms with Gasteiger partial charge in [-0.2, -0.15) is 0 Å². The van der Waals surface area contributed by atoms with Crippen molar-refractivity contribution in [1.82, 2.24) is 19.5 Å². The Bertz CT molecular complexity index is 1170. The lowest BCUT2D eigenvalue weighted by molar-refractivity contribution is 0.226. The van der Waals surface area contributed by atoms with Gasteiger partial charge >= 0.3 is 0 Å². The summed E-state index contributed by atoms with van der Waals surface area (Å²) in [5.41, 5.74) is 2.40. The van der Waals surface area contributed by atoms with Crippen molar-refractivity contribution in [3.8, 4) is 11.4 Å². The molecule has 0 amide bonds. The lowest BCUT2D eigenvalue weighted by atomic mass is 9.94. The minimum absolute atomic E-state index is 0.0891. The molecular formula is C24H25N5O3. The van der Waals surface area contributed by atoms with Gasteiger partial charge in [0.15, 0.2) is 5.76 Å². The van der Waals surface area contributed by atoms with Gasteiger partial charge in [-0.15, -0.1) is 0 Å². The summed E-state index contributed by atoms with van der Waals surface area (Å²) in [6.45, 7) is 2.78. The van der Waals surface area contributed by atoms with E-state index in [0.29, 0.717) is 29.6 Å². The van der Waals surface area contributed by atoms with Crippen LogP contribution in [0.25, 0.3) is 11.4 Å². The third-order valence-corrected chi connectivity index (χ3v) is 6.05. The molecule has 164 valence electrons. The minimum atomic E-state index is -0.160. The second-order valence-electron chi connectivity index (χ2n) is 8.13. The van der Waals surface area contributed by atoms with Gasteiger partial charge in [-0.3, -0.25) is 9.36 Å². The molecular weight excluding hydrogens is 406 g/mol. The number of anilines is 1. The molecule has 0 saturated heterocycles. The Labute approximate surface area is 186 Å². The minimum Gasteiger partial charge on any atom is -0.466 e. The number of hydrogen-bond acceptors (Lipinski definition) is 7. The van der Waals surface area contributed by atoms with Crippen LogP contribution in [0.15, 0.2) is 77.8 Å². The van der Waals surface area contributed by atoms with Crippen molar-refractivity contribution in [2.75, 3.05) is 4.90 Å². The van der Waals surface area contributed by atoms with Crippen molar-refractivity contribution in [1.29, 1.82) is 0 Å². The molecule has 4 heterocycles. The molecule has 32 heavy (non-hydrogen) atoms. The van der Waals surface area contributed by atoms with E-state index in [-0.39, 0.29) is 17.6 Å². The molecule has 0 fully saturated rings. The van der Waals surface area contributed by atoms with Crippen LogP contribution in [-0.2, 0) is 16.0 Å². The molecule has 2 aromatic rings. The van der Waals surface area contributed by atoms with Crippen LogP contribution in [0.5, 0.6) is 0 Å². The Hall–Kier alpha value is -3.68. The lowest BCUT2D eigenvalue weighted by Gasteiger charge is -2.42. The Balaban J connectivity index is 1.61. The van der Waals surface area contributed by atoms with Gasteiger partial charge in [0.05, 0.1) is 17.4 Å². The number of allylic oxidation sites excluding steroid dienone is 3. The summed E-state index contributed by atoms with van der Waals surface area (Å²) in [5, 5.41) is 0. The summed E-state index contributed by atoms with van der Waals surface area (Å²) in [5.74, 6) is 1.32. The van der Waals surface area contributed by atoms with Gasteiger partial charge in [0.25, 0.3) is 5.56 Å². The number of nitrogens with zero attached hydrogens (tertiary/aromatic N) is 5. The van der Waals surface area contributed by atoms with Crippen molar-refractivity contribution in [2.45, 2.75) is 51.2 Å². The normalized spacial score (nSPS) is 20.5. The maximum Gasteiger partial charge on any atom is 0.255 e. The molecule has 0 bridgehead atoms. The average Bonchev–Trinajstić information content (AvgIpc) is 2.84. The van der Waals surface area contributed by atoms with Gasteiger partial charge in [-0.25, -0.2) is 15.0 Å². The highest BCUT2D eigenvalue weighted by Gasteiger charge is 2.35. The van der Waals surface area contributed by atoms with Gasteiger partial charge in [-0.05, 0) is 38.7 Å². The van der Waals surface area contributed by atoms with Crippen LogP contribution < -0.4 is 10.5 Å². The third kappa shape index (κ3) is 3.95. The summed E-state index contributed by atoms with van der Waals surface area (Å²) in [7, 11) is 0. The molecule has 8 nitrogen and oxygen atoms in total. The predicted molar refractivity (Wildman–Crippen MR) is 120 cm³/mol. The summed E-state index contributed by atoms with van der Waals surface area (Å²) < 4.78 is 13.1. The number of hydrogen-bond donors (Lipinski definition) is 0. The van der Waals surface area contributed by atoms with E-state index in [1.165, 1.54) is 18.2 Å². The molecule has 0 spiro atoms. The highest BCUT2D eigenvalue weighted by molar-refractivity contribution is 5.56. The molecule has 2 atom stereocenters. The first-order valence-corrected chi connectivity index (χ1v) is 10.9. The topological polar surface area (TPSA) is 82.4 Å². The van der Waals surface area contributed by atoms with Crippen molar-refractivity contribution in [2.24, 2.45) is 0 Å². The Morgan fingerprint density at radius 3 is 2.97 bits per heavy atom. The van der Waals surface area contributed by atoms with Gasteiger partial charge in [0.1, 0.15) is 25.1 Å². The summed E-state index contributed by atoms with van der Waals surface area (Å²) in [4.78, 5) is 28.4. The van der Waals surface area contributed by atoms with E-state index < -0.39 is 0 Å². The van der Waals surface area contributed by atoms with E-state index in [1.54, 1.807) is 35.4 Å². The molecule has 2 unspecified atom stereocenters. The van der Waals surface area contributed by atoms with Crippen molar-refractivity contribution >= 4 is 5.95 Å². The standard InChI is InChI=1S/C24H25N5O3/c1-17-8-10-28-23(30)14-20(19-7-9-25-16-26-19)27-24(28)29(17)21(22-15-31-11-12-32-22)13-18-5-3-2-4-6-18/h2-3,5,7,9,11-12,14-17,21H,4,6,8,10,13H2,1H3. The van der Waals surface area contributed by atoms with Crippen molar-refractivity contribution in [3.05, 3.63) is 83.4 Å². The van der Waals surface area contributed by atoms with E-state index >= 15 is 0 Å². The van der Waals surface area contributed by atoms with Crippen LogP contribution in [0.2, 0.25) is 0 Å². The maximum absolute atomic E-state index is 13.0. The first-order valence-electron chi connectivity index (χ1n) is 10.9. The fourth-order valence-electron chi connectivity index (χ4n) is 4.41. The molecule has 5 rings (SSSR count). The van der Waals surface area contributed by atoms with Crippen LogP contribution in [0.3, 0.4) is 0 Å². The number of aromatic nitrogens is 4. The molecule has 2 aliphatic heterocycles. The van der Waals surface area contributed by atoms with Crippen LogP contribution in [0.1, 0.15) is 32.6 Å². The zero-order valence-electron chi connectivity index (χ0n) is 17.9. The maximum atomic E-state index is 13.0. The van der Waals surface area contributed by atoms with E-state index in [1.807, 2.05) is 0 Å². The first-order chi connectivity index (χ1) is 15.7. The fourth-order valence-corrected chi connectivity index (χ4v) is 4.41. The van der Waals surface area contributed by atoms with Crippen LogP contribution in [0, 0.1) is 0 Å². The molecule has 2 aromatic heterocycles. The van der Waals surface area contributed by atoms with Gasteiger partial charge < -0.3 is 14.4 Å². The van der Waals surface area contributed by atoms with E-state index in [0.717, 1.165) is 25.7 Å². The Morgan fingerprint density at radius 1 is 1.28 bits per heavy atom. The van der Waals surface area contributed by atoms with E-state index in [9.17, 15) is 4.79 Å². The van der Waals surface area contributed by atoms with Crippen molar-refractivity contribution in [3.63, 3.8) is 0 Å². The highest BCUT2D eigenvalue weighted by Crippen LogP contribution is 2.34. The first kappa shape index (κ1) is 20.2. The van der Waals surface area contributed by atoms with Crippen molar-refractivity contribution < 1.29 is 9.47 Å². The van der Waals surface area contributed by atoms with Gasteiger partial charge in [0, 0.05) is 24.8 Å². The average molecular weight is 431 g/mol. The third-order valence-electron chi connectivity index (χ3n) is 6.05. The largest absolute Gasteiger partial charge is 0.466 e. The summed E-state index contributed by atoms with van der Waals surface area (Å²) >= 11 is 0. The zero-order chi connectivity index (χ0) is 21.9. The monoisotopic (exact) mass is 431 g/mol. The van der Waals surface area contributed by atoms with Crippen LogP contribution in [0.4, 0.5) is 5.95 Å². The molecule has 0 radical (unpaired) electrons. The van der Waals surface area contributed by atoms with Gasteiger partial charge in [0.2, 0.25) is 5.95 Å². The number of rotatable bonds is 5. The summed E-state index contributed by atoms with van der Waals surface area (Å²) in [6, 6.07) is 3.30. The second kappa shape index (κ2) is 8.82. The molecule has 0 saturated carbocycles. The predicted octanol–water partition coefficient (Wildman–Crippen LogP) is 3.69. The molecule has 8 heteroatoms. The smallest absolute Gasteiger partial charge is 0.255 e. The molecule has 1 aliphatic carbocycles. The fraction of sp³-hybridized carbons (Fsp3) is 0.333. The van der Waals surface area contributed by atoms with Crippen LogP contribution in [-0.4, -0.2) is 31.6 Å². The SMILES string of the molecule is CC1CCn2c(nc(-c3ccncn3)cc2=O)N1C(CC1=CC=CCC1)C1=COC=CO1. The Morgan fingerprint density at radius 2 is 2.22 bits per heavy atom. The molecule has 3 aliphatic rings. The Kier molecular flexibility index (Phi) is 5.58. The quantitative estimate of drug-likeness (QED) is 0.714. The van der Waals surface area contributed by atoms with Gasteiger partial charge in [-0.1, -0.05) is 23.8 Å². The molecule has 0 N–H and O–H groups in total.